The van der Waals surface area contributed by atoms with E-state index in [-0.39, 0.29) is 0 Å². The van der Waals surface area contributed by atoms with Crippen molar-refractivity contribution in [2.24, 2.45) is 7.05 Å². The molecule has 0 saturated carbocycles. The molecule has 3 rings (SSSR count). The van der Waals surface area contributed by atoms with Crippen molar-refractivity contribution in [2.45, 2.75) is 6.92 Å². The standard InChI is InChI=1S/C15H14ClN3O/c1-9-3-8-12(20-9)14-13(15(17)19(2)18-14)10-4-6-11(16)7-5-10/h3-8H,17H2,1-2H3. The molecule has 0 saturated heterocycles. The molecular formula is C15H14ClN3O. The molecule has 0 aliphatic carbocycles. The number of furan rings is 1. The lowest BCUT2D eigenvalue weighted by Gasteiger charge is -2.03. The molecular weight excluding hydrogens is 274 g/mol. The molecule has 20 heavy (non-hydrogen) atoms. The first-order valence-electron chi connectivity index (χ1n) is 6.21. The summed E-state index contributed by atoms with van der Waals surface area (Å²) >= 11 is 5.93. The third-order valence-corrected chi connectivity index (χ3v) is 3.45. The fraction of sp³-hybridized carbons (Fsp3) is 0.133. The van der Waals surface area contributed by atoms with Gasteiger partial charge in [0.25, 0.3) is 0 Å². The number of nitrogen functional groups attached to an aromatic ring is 1. The molecule has 3 aromatic rings. The molecule has 0 aliphatic heterocycles. The van der Waals surface area contributed by atoms with Gasteiger partial charge >= 0.3 is 0 Å². The van der Waals surface area contributed by atoms with Crippen LogP contribution < -0.4 is 5.73 Å². The van der Waals surface area contributed by atoms with Crippen molar-refractivity contribution >= 4 is 17.4 Å². The van der Waals surface area contributed by atoms with Crippen LogP contribution in [0.5, 0.6) is 0 Å². The quantitative estimate of drug-likeness (QED) is 0.778. The number of nitrogens with zero attached hydrogens (tertiary/aromatic N) is 2. The van der Waals surface area contributed by atoms with Gasteiger partial charge in [-0.1, -0.05) is 23.7 Å². The van der Waals surface area contributed by atoms with Crippen LogP contribution in [0.1, 0.15) is 5.76 Å². The first-order valence-corrected chi connectivity index (χ1v) is 6.59. The summed E-state index contributed by atoms with van der Waals surface area (Å²) in [6.45, 7) is 1.90. The summed E-state index contributed by atoms with van der Waals surface area (Å²) in [7, 11) is 1.81. The Labute approximate surface area is 121 Å². The maximum atomic E-state index is 6.14. The molecule has 1 aromatic carbocycles. The van der Waals surface area contributed by atoms with Crippen LogP contribution in [0.25, 0.3) is 22.6 Å². The Hall–Kier alpha value is -2.20. The van der Waals surface area contributed by atoms with Gasteiger partial charge < -0.3 is 10.2 Å². The monoisotopic (exact) mass is 287 g/mol. The van der Waals surface area contributed by atoms with E-state index >= 15 is 0 Å². The highest BCUT2D eigenvalue weighted by Crippen LogP contribution is 2.36. The molecule has 5 heteroatoms. The third kappa shape index (κ3) is 2.08. The predicted molar refractivity (Wildman–Crippen MR) is 80.5 cm³/mol. The van der Waals surface area contributed by atoms with E-state index in [0.29, 0.717) is 16.6 Å². The largest absolute Gasteiger partial charge is 0.460 e. The molecule has 0 amide bonds. The molecule has 0 aliphatic rings. The number of anilines is 1. The number of aromatic nitrogens is 2. The van der Waals surface area contributed by atoms with Crippen LogP contribution in [0, 0.1) is 6.92 Å². The van der Waals surface area contributed by atoms with Crippen molar-refractivity contribution in [1.82, 2.24) is 9.78 Å². The number of aryl methyl sites for hydroxylation is 2. The topological polar surface area (TPSA) is 57.0 Å². The Kier molecular flexibility index (Phi) is 3.03. The number of benzene rings is 1. The lowest BCUT2D eigenvalue weighted by atomic mass is 10.0. The van der Waals surface area contributed by atoms with E-state index in [9.17, 15) is 0 Å². The van der Waals surface area contributed by atoms with Crippen molar-refractivity contribution in [3.8, 4) is 22.6 Å². The van der Waals surface area contributed by atoms with E-state index in [0.717, 1.165) is 22.6 Å². The van der Waals surface area contributed by atoms with Gasteiger partial charge in [0.2, 0.25) is 0 Å². The Morgan fingerprint density at radius 2 is 1.85 bits per heavy atom. The van der Waals surface area contributed by atoms with Crippen LogP contribution >= 0.6 is 11.6 Å². The molecule has 2 N–H and O–H groups in total. The average molecular weight is 288 g/mol. The van der Waals surface area contributed by atoms with Crippen molar-refractivity contribution in [2.75, 3.05) is 5.73 Å². The fourth-order valence-corrected chi connectivity index (χ4v) is 2.30. The molecule has 2 heterocycles. The first kappa shape index (κ1) is 12.8. The highest BCUT2D eigenvalue weighted by molar-refractivity contribution is 6.30. The van der Waals surface area contributed by atoms with Crippen LogP contribution in [0.2, 0.25) is 5.02 Å². The lowest BCUT2D eigenvalue weighted by Crippen LogP contribution is -1.97. The Morgan fingerprint density at radius 3 is 2.45 bits per heavy atom. The second-order valence-electron chi connectivity index (χ2n) is 4.65. The van der Waals surface area contributed by atoms with Crippen molar-refractivity contribution in [3.05, 3.63) is 47.2 Å². The highest BCUT2D eigenvalue weighted by Gasteiger charge is 2.19. The maximum absolute atomic E-state index is 6.14. The van der Waals surface area contributed by atoms with Crippen molar-refractivity contribution in [3.63, 3.8) is 0 Å². The number of rotatable bonds is 2. The Balaban J connectivity index is 2.21. The van der Waals surface area contributed by atoms with E-state index in [4.69, 9.17) is 21.8 Å². The summed E-state index contributed by atoms with van der Waals surface area (Å²) in [4.78, 5) is 0. The first-order chi connectivity index (χ1) is 9.56. The minimum Gasteiger partial charge on any atom is -0.460 e. The van der Waals surface area contributed by atoms with Gasteiger partial charge in [-0.05, 0) is 36.8 Å². The second kappa shape index (κ2) is 4.72. The fourth-order valence-electron chi connectivity index (χ4n) is 2.17. The summed E-state index contributed by atoms with van der Waals surface area (Å²) < 4.78 is 7.32. The van der Waals surface area contributed by atoms with Gasteiger partial charge in [-0.15, -0.1) is 0 Å². The van der Waals surface area contributed by atoms with E-state index in [2.05, 4.69) is 5.10 Å². The SMILES string of the molecule is Cc1ccc(-c2nn(C)c(N)c2-c2ccc(Cl)cc2)o1. The number of halogens is 1. The van der Waals surface area contributed by atoms with Gasteiger partial charge in [0.15, 0.2) is 5.76 Å². The average Bonchev–Trinajstić information content (AvgIpc) is 2.97. The van der Waals surface area contributed by atoms with E-state index in [1.165, 1.54) is 0 Å². The van der Waals surface area contributed by atoms with Crippen LogP contribution in [0.3, 0.4) is 0 Å². The van der Waals surface area contributed by atoms with Crippen LogP contribution in [-0.4, -0.2) is 9.78 Å². The summed E-state index contributed by atoms with van der Waals surface area (Å²) in [6, 6.07) is 11.3. The lowest BCUT2D eigenvalue weighted by molar-refractivity contribution is 0.545. The van der Waals surface area contributed by atoms with Gasteiger partial charge in [0.1, 0.15) is 17.3 Å². The molecule has 0 spiro atoms. The summed E-state index contributed by atoms with van der Waals surface area (Å²) in [5.41, 5.74) is 8.70. The van der Waals surface area contributed by atoms with E-state index in [1.807, 2.05) is 50.4 Å². The maximum Gasteiger partial charge on any atom is 0.155 e. The number of hydrogen-bond acceptors (Lipinski definition) is 3. The normalized spacial score (nSPS) is 10.9. The molecule has 2 aromatic heterocycles. The summed E-state index contributed by atoms with van der Waals surface area (Å²) in [5, 5.41) is 5.14. The van der Waals surface area contributed by atoms with E-state index in [1.54, 1.807) is 4.68 Å². The predicted octanol–water partition coefficient (Wildman–Crippen LogP) is 3.89. The van der Waals surface area contributed by atoms with Crippen LogP contribution in [0.15, 0.2) is 40.8 Å². The minimum atomic E-state index is 0.594. The Bertz CT molecular complexity index is 756. The number of hydrogen-bond donors (Lipinski definition) is 1. The zero-order valence-corrected chi connectivity index (χ0v) is 12.0. The van der Waals surface area contributed by atoms with Gasteiger partial charge in [-0.2, -0.15) is 5.10 Å². The smallest absolute Gasteiger partial charge is 0.155 e. The molecule has 0 bridgehead atoms. The van der Waals surface area contributed by atoms with Crippen molar-refractivity contribution < 1.29 is 4.42 Å². The van der Waals surface area contributed by atoms with Crippen LogP contribution in [0.4, 0.5) is 5.82 Å². The zero-order chi connectivity index (χ0) is 14.3. The number of nitrogens with two attached hydrogens (primary N) is 1. The van der Waals surface area contributed by atoms with Gasteiger partial charge in [-0.3, -0.25) is 4.68 Å². The summed E-state index contributed by atoms with van der Waals surface area (Å²) in [5.74, 6) is 2.14. The van der Waals surface area contributed by atoms with E-state index < -0.39 is 0 Å². The molecule has 0 unspecified atom stereocenters. The molecule has 0 radical (unpaired) electrons. The minimum absolute atomic E-state index is 0.594. The van der Waals surface area contributed by atoms with Gasteiger partial charge in [0, 0.05) is 12.1 Å². The van der Waals surface area contributed by atoms with Crippen molar-refractivity contribution in [1.29, 1.82) is 0 Å². The van der Waals surface area contributed by atoms with Crippen LogP contribution in [-0.2, 0) is 7.05 Å². The second-order valence-corrected chi connectivity index (χ2v) is 5.09. The highest BCUT2D eigenvalue weighted by atomic mass is 35.5. The molecule has 0 fully saturated rings. The molecule has 4 nitrogen and oxygen atoms in total. The zero-order valence-electron chi connectivity index (χ0n) is 11.2. The molecule has 102 valence electrons. The summed E-state index contributed by atoms with van der Waals surface area (Å²) in [6.07, 6.45) is 0. The van der Waals surface area contributed by atoms with Gasteiger partial charge in [0.05, 0.1) is 5.56 Å². The third-order valence-electron chi connectivity index (χ3n) is 3.20. The molecule has 0 atom stereocenters. The van der Waals surface area contributed by atoms with Gasteiger partial charge in [-0.25, -0.2) is 0 Å². The Morgan fingerprint density at radius 1 is 1.15 bits per heavy atom.